The van der Waals surface area contributed by atoms with Crippen molar-refractivity contribution < 1.29 is 4.74 Å². The van der Waals surface area contributed by atoms with E-state index in [0.717, 1.165) is 16.5 Å². The average Bonchev–Trinajstić information content (AvgIpc) is 2.55. The van der Waals surface area contributed by atoms with Gasteiger partial charge in [-0.2, -0.15) is 5.26 Å². The SMILES string of the molecule is N#Cc1ccccc1COc1ccc(N)c2cccnc12. The topological polar surface area (TPSA) is 71.9 Å². The quantitative estimate of drug-likeness (QED) is 0.745. The fourth-order valence-corrected chi connectivity index (χ4v) is 2.20. The molecule has 2 N–H and O–H groups in total. The zero-order valence-corrected chi connectivity index (χ0v) is 11.3. The summed E-state index contributed by atoms with van der Waals surface area (Å²) < 4.78 is 5.83. The van der Waals surface area contributed by atoms with Crippen molar-refractivity contribution in [1.29, 1.82) is 5.26 Å². The van der Waals surface area contributed by atoms with Crippen LogP contribution in [-0.2, 0) is 6.61 Å². The third-order valence-corrected chi connectivity index (χ3v) is 3.29. The molecule has 1 aromatic heterocycles. The normalized spacial score (nSPS) is 10.2. The molecule has 0 saturated heterocycles. The highest BCUT2D eigenvalue weighted by Gasteiger charge is 2.07. The Morgan fingerprint density at radius 3 is 2.81 bits per heavy atom. The summed E-state index contributed by atoms with van der Waals surface area (Å²) in [5, 5.41) is 9.95. The van der Waals surface area contributed by atoms with E-state index in [1.165, 1.54) is 0 Å². The minimum Gasteiger partial charge on any atom is -0.487 e. The standard InChI is InChI=1S/C17H13N3O/c18-10-12-4-1-2-5-13(12)11-21-16-8-7-15(19)14-6-3-9-20-17(14)16/h1-9H,11,19H2. The van der Waals surface area contributed by atoms with Crippen molar-refractivity contribution in [3.05, 3.63) is 65.9 Å². The molecule has 4 heteroatoms. The summed E-state index contributed by atoms with van der Waals surface area (Å²) in [6.45, 7) is 0.319. The monoisotopic (exact) mass is 275 g/mol. The van der Waals surface area contributed by atoms with Gasteiger partial charge in [0.05, 0.1) is 11.6 Å². The maximum atomic E-state index is 9.09. The number of pyridine rings is 1. The predicted octanol–water partition coefficient (Wildman–Crippen LogP) is 3.27. The van der Waals surface area contributed by atoms with E-state index in [9.17, 15) is 0 Å². The van der Waals surface area contributed by atoms with E-state index < -0.39 is 0 Å². The summed E-state index contributed by atoms with van der Waals surface area (Å²) in [5.41, 5.74) is 8.80. The molecule has 21 heavy (non-hydrogen) atoms. The van der Waals surface area contributed by atoms with Gasteiger partial charge in [0.25, 0.3) is 0 Å². The molecule has 0 radical (unpaired) electrons. The molecule has 0 fully saturated rings. The van der Waals surface area contributed by atoms with Gasteiger partial charge < -0.3 is 10.5 Å². The maximum absolute atomic E-state index is 9.09. The smallest absolute Gasteiger partial charge is 0.146 e. The molecule has 0 aliphatic rings. The Hall–Kier alpha value is -3.06. The van der Waals surface area contributed by atoms with Crippen LogP contribution < -0.4 is 10.5 Å². The first-order valence-corrected chi connectivity index (χ1v) is 6.53. The van der Waals surface area contributed by atoms with Crippen LogP contribution in [0, 0.1) is 11.3 Å². The van der Waals surface area contributed by atoms with Gasteiger partial charge in [0.15, 0.2) is 0 Å². The zero-order chi connectivity index (χ0) is 14.7. The van der Waals surface area contributed by atoms with Crippen molar-refractivity contribution in [1.82, 2.24) is 4.98 Å². The lowest BCUT2D eigenvalue weighted by molar-refractivity contribution is 0.309. The number of rotatable bonds is 3. The molecule has 0 spiro atoms. The van der Waals surface area contributed by atoms with Crippen molar-refractivity contribution in [3.63, 3.8) is 0 Å². The summed E-state index contributed by atoms with van der Waals surface area (Å²) in [7, 11) is 0. The van der Waals surface area contributed by atoms with E-state index in [1.807, 2.05) is 30.3 Å². The number of hydrogen-bond donors (Lipinski definition) is 1. The molecule has 1 heterocycles. The Morgan fingerprint density at radius 2 is 1.95 bits per heavy atom. The van der Waals surface area contributed by atoms with Crippen LogP contribution >= 0.6 is 0 Å². The summed E-state index contributed by atoms with van der Waals surface area (Å²) in [6, 6.07) is 16.9. The number of aromatic nitrogens is 1. The van der Waals surface area contributed by atoms with Crippen LogP contribution in [0.5, 0.6) is 5.75 Å². The Morgan fingerprint density at radius 1 is 1.10 bits per heavy atom. The molecule has 2 aromatic carbocycles. The van der Waals surface area contributed by atoms with Gasteiger partial charge >= 0.3 is 0 Å². The summed E-state index contributed by atoms with van der Waals surface area (Å²) in [6.07, 6.45) is 1.71. The van der Waals surface area contributed by atoms with E-state index in [0.29, 0.717) is 23.6 Å². The molecular formula is C17H13N3O. The first-order chi connectivity index (χ1) is 10.3. The van der Waals surface area contributed by atoms with Gasteiger partial charge in [-0.05, 0) is 30.3 Å². The lowest BCUT2D eigenvalue weighted by Gasteiger charge is -2.10. The van der Waals surface area contributed by atoms with Crippen molar-refractivity contribution in [2.75, 3.05) is 5.73 Å². The molecule has 0 unspecified atom stereocenters. The second-order valence-electron chi connectivity index (χ2n) is 4.61. The number of ether oxygens (including phenoxy) is 1. The molecular weight excluding hydrogens is 262 g/mol. The van der Waals surface area contributed by atoms with Crippen LogP contribution in [0.4, 0.5) is 5.69 Å². The van der Waals surface area contributed by atoms with Gasteiger partial charge in [0, 0.05) is 22.8 Å². The second kappa shape index (κ2) is 5.51. The molecule has 3 rings (SSSR count). The number of nitrogens with two attached hydrogens (primary N) is 1. The summed E-state index contributed by atoms with van der Waals surface area (Å²) in [5.74, 6) is 0.660. The van der Waals surface area contributed by atoms with Gasteiger partial charge in [0.1, 0.15) is 17.9 Å². The number of nitrogens with zero attached hydrogens (tertiary/aromatic N) is 2. The third kappa shape index (κ3) is 2.49. The number of anilines is 1. The second-order valence-corrected chi connectivity index (χ2v) is 4.61. The van der Waals surface area contributed by atoms with Gasteiger partial charge in [-0.25, -0.2) is 0 Å². The minimum absolute atomic E-state index is 0.319. The molecule has 102 valence electrons. The number of benzene rings is 2. The molecule has 0 saturated carbocycles. The average molecular weight is 275 g/mol. The molecule has 3 aromatic rings. The molecule has 0 aliphatic carbocycles. The lowest BCUT2D eigenvalue weighted by Crippen LogP contribution is -2.00. The highest BCUT2D eigenvalue weighted by molar-refractivity contribution is 5.94. The Balaban J connectivity index is 1.93. The van der Waals surface area contributed by atoms with Gasteiger partial charge in [-0.15, -0.1) is 0 Å². The van der Waals surface area contributed by atoms with Crippen LogP contribution in [0.15, 0.2) is 54.7 Å². The van der Waals surface area contributed by atoms with E-state index >= 15 is 0 Å². The van der Waals surface area contributed by atoms with Crippen molar-refractivity contribution >= 4 is 16.6 Å². The fourth-order valence-electron chi connectivity index (χ4n) is 2.20. The van der Waals surface area contributed by atoms with Gasteiger partial charge in [-0.1, -0.05) is 18.2 Å². The van der Waals surface area contributed by atoms with E-state index in [4.69, 9.17) is 15.7 Å². The van der Waals surface area contributed by atoms with Gasteiger partial charge in [0.2, 0.25) is 0 Å². The highest BCUT2D eigenvalue weighted by Crippen LogP contribution is 2.28. The van der Waals surface area contributed by atoms with Crippen LogP contribution in [0.2, 0.25) is 0 Å². The summed E-state index contributed by atoms with van der Waals surface area (Å²) in [4.78, 5) is 4.33. The van der Waals surface area contributed by atoms with E-state index in [2.05, 4.69) is 11.1 Å². The predicted molar refractivity (Wildman–Crippen MR) is 81.6 cm³/mol. The Labute approximate surface area is 122 Å². The van der Waals surface area contributed by atoms with Crippen molar-refractivity contribution in [2.24, 2.45) is 0 Å². The minimum atomic E-state index is 0.319. The van der Waals surface area contributed by atoms with E-state index in [1.54, 1.807) is 24.4 Å². The first-order valence-electron chi connectivity index (χ1n) is 6.53. The van der Waals surface area contributed by atoms with Crippen LogP contribution in [0.1, 0.15) is 11.1 Å². The first kappa shape index (κ1) is 12.9. The summed E-state index contributed by atoms with van der Waals surface area (Å²) >= 11 is 0. The van der Waals surface area contributed by atoms with Crippen molar-refractivity contribution in [2.45, 2.75) is 6.61 Å². The molecule has 0 bridgehead atoms. The molecule has 4 nitrogen and oxygen atoms in total. The van der Waals surface area contributed by atoms with Gasteiger partial charge in [-0.3, -0.25) is 4.98 Å². The molecule has 0 amide bonds. The van der Waals surface area contributed by atoms with Crippen LogP contribution in [-0.4, -0.2) is 4.98 Å². The zero-order valence-electron chi connectivity index (χ0n) is 11.3. The third-order valence-electron chi connectivity index (χ3n) is 3.29. The van der Waals surface area contributed by atoms with Crippen LogP contribution in [0.3, 0.4) is 0 Å². The van der Waals surface area contributed by atoms with E-state index in [-0.39, 0.29) is 0 Å². The van der Waals surface area contributed by atoms with Crippen LogP contribution in [0.25, 0.3) is 10.9 Å². The highest BCUT2D eigenvalue weighted by atomic mass is 16.5. The Bertz CT molecular complexity index is 837. The maximum Gasteiger partial charge on any atom is 0.146 e. The number of nitriles is 1. The molecule has 0 atom stereocenters. The number of hydrogen-bond acceptors (Lipinski definition) is 4. The van der Waals surface area contributed by atoms with Crippen molar-refractivity contribution in [3.8, 4) is 11.8 Å². The fraction of sp³-hybridized carbons (Fsp3) is 0.0588. The lowest BCUT2D eigenvalue weighted by atomic mass is 10.1. The number of fused-ring (bicyclic) bond motifs is 1. The largest absolute Gasteiger partial charge is 0.487 e. The number of nitrogen functional groups attached to an aromatic ring is 1. The molecule has 0 aliphatic heterocycles. The Kier molecular flexibility index (Phi) is 3.40.